The van der Waals surface area contributed by atoms with Crippen molar-refractivity contribution in [2.75, 3.05) is 5.32 Å². The summed E-state index contributed by atoms with van der Waals surface area (Å²) in [5, 5.41) is 3.04. The molecule has 2 aromatic carbocycles. The minimum atomic E-state index is -0.478. The van der Waals surface area contributed by atoms with E-state index in [0.717, 1.165) is 36.1 Å². The van der Waals surface area contributed by atoms with Crippen LogP contribution in [0.15, 0.2) is 48.5 Å². The van der Waals surface area contributed by atoms with Crippen molar-refractivity contribution in [2.24, 2.45) is 0 Å². The maximum atomic E-state index is 13.0. The fourth-order valence-electron chi connectivity index (χ4n) is 2.73. The van der Waals surface area contributed by atoms with Gasteiger partial charge in [-0.1, -0.05) is 37.3 Å². The molecule has 3 rings (SSSR count). The Hall–Kier alpha value is -2.16. The molecule has 1 aliphatic rings. The van der Waals surface area contributed by atoms with Gasteiger partial charge in [0, 0.05) is 5.69 Å². The normalized spacial score (nSPS) is 15.5. The summed E-state index contributed by atoms with van der Waals surface area (Å²) < 4.78 is 13.0. The first-order chi connectivity index (χ1) is 10.2. The van der Waals surface area contributed by atoms with Gasteiger partial charge in [0.25, 0.3) is 0 Å². The highest BCUT2D eigenvalue weighted by Gasteiger charge is 2.51. The van der Waals surface area contributed by atoms with Gasteiger partial charge in [-0.05, 0) is 48.6 Å². The zero-order chi connectivity index (χ0) is 14.9. The molecular weight excluding hydrogens is 265 g/mol. The van der Waals surface area contributed by atoms with Gasteiger partial charge < -0.3 is 5.32 Å². The molecule has 3 heteroatoms. The monoisotopic (exact) mass is 283 g/mol. The van der Waals surface area contributed by atoms with E-state index >= 15 is 0 Å². The SMILES string of the molecule is CCc1ccccc1NC(=O)C1(c2ccc(F)cc2)CC1. The molecule has 1 amide bonds. The van der Waals surface area contributed by atoms with Gasteiger partial charge in [0.1, 0.15) is 5.82 Å². The van der Waals surface area contributed by atoms with Crippen molar-refractivity contribution in [1.29, 1.82) is 0 Å². The van der Waals surface area contributed by atoms with Crippen molar-refractivity contribution in [3.8, 4) is 0 Å². The van der Waals surface area contributed by atoms with Crippen molar-refractivity contribution in [2.45, 2.75) is 31.6 Å². The number of rotatable bonds is 4. The van der Waals surface area contributed by atoms with Gasteiger partial charge in [-0.3, -0.25) is 4.79 Å². The van der Waals surface area contributed by atoms with E-state index in [4.69, 9.17) is 0 Å². The van der Waals surface area contributed by atoms with E-state index in [1.807, 2.05) is 24.3 Å². The number of benzene rings is 2. The van der Waals surface area contributed by atoms with E-state index in [9.17, 15) is 9.18 Å². The van der Waals surface area contributed by atoms with E-state index < -0.39 is 5.41 Å². The maximum absolute atomic E-state index is 13.0. The number of halogens is 1. The number of carbonyl (C=O) groups excluding carboxylic acids is 1. The van der Waals surface area contributed by atoms with E-state index in [-0.39, 0.29) is 11.7 Å². The number of amides is 1. The van der Waals surface area contributed by atoms with Crippen LogP contribution in [0.1, 0.15) is 30.9 Å². The lowest BCUT2D eigenvalue weighted by molar-refractivity contribution is -0.118. The zero-order valence-electron chi connectivity index (χ0n) is 12.0. The highest BCUT2D eigenvalue weighted by molar-refractivity contribution is 6.01. The third kappa shape index (κ3) is 2.56. The van der Waals surface area contributed by atoms with Gasteiger partial charge in [-0.2, -0.15) is 0 Å². The number of para-hydroxylation sites is 1. The van der Waals surface area contributed by atoms with Gasteiger partial charge in [-0.15, -0.1) is 0 Å². The number of aryl methyl sites for hydroxylation is 1. The van der Waals surface area contributed by atoms with Crippen LogP contribution < -0.4 is 5.32 Å². The topological polar surface area (TPSA) is 29.1 Å². The van der Waals surface area contributed by atoms with Crippen LogP contribution in [0, 0.1) is 5.82 Å². The molecule has 1 N–H and O–H groups in total. The predicted octanol–water partition coefficient (Wildman–Crippen LogP) is 4.06. The molecule has 108 valence electrons. The van der Waals surface area contributed by atoms with Crippen molar-refractivity contribution >= 4 is 11.6 Å². The molecule has 1 aliphatic carbocycles. The smallest absolute Gasteiger partial charge is 0.235 e. The molecule has 0 spiro atoms. The number of hydrogen-bond acceptors (Lipinski definition) is 1. The molecule has 0 atom stereocenters. The van der Waals surface area contributed by atoms with Crippen molar-refractivity contribution < 1.29 is 9.18 Å². The summed E-state index contributed by atoms with van der Waals surface area (Å²) in [5.74, 6) is -0.263. The molecule has 1 fully saturated rings. The van der Waals surface area contributed by atoms with Crippen LogP contribution in [0.4, 0.5) is 10.1 Å². The van der Waals surface area contributed by atoms with Crippen LogP contribution in [0.25, 0.3) is 0 Å². The van der Waals surface area contributed by atoms with Gasteiger partial charge in [0.2, 0.25) is 5.91 Å². The molecule has 0 bridgehead atoms. The standard InChI is InChI=1S/C18H18FNO/c1-2-13-5-3-4-6-16(13)20-17(21)18(11-12-18)14-7-9-15(19)10-8-14/h3-10H,2,11-12H2,1H3,(H,20,21). The first kappa shape index (κ1) is 13.8. The second-order valence-corrected chi connectivity index (χ2v) is 5.55. The molecule has 0 aromatic heterocycles. The highest BCUT2D eigenvalue weighted by Crippen LogP contribution is 2.49. The highest BCUT2D eigenvalue weighted by atomic mass is 19.1. The molecule has 0 aliphatic heterocycles. The summed E-state index contributed by atoms with van der Waals surface area (Å²) in [6, 6.07) is 14.1. The Bertz CT molecular complexity index is 659. The first-order valence-corrected chi connectivity index (χ1v) is 7.31. The summed E-state index contributed by atoms with van der Waals surface area (Å²) >= 11 is 0. The Morgan fingerprint density at radius 3 is 2.43 bits per heavy atom. The fraction of sp³-hybridized carbons (Fsp3) is 0.278. The summed E-state index contributed by atoms with van der Waals surface area (Å²) in [7, 11) is 0. The Labute approximate surface area is 124 Å². The van der Waals surface area contributed by atoms with Gasteiger partial charge in [-0.25, -0.2) is 4.39 Å². The second kappa shape index (κ2) is 5.32. The van der Waals surface area contributed by atoms with E-state index in [1.165, 1.54) is 12.1 Å². The number of anilines is 1. The lowest BCUT2D eigenvalue weighted by Crippen LogP contribution is -2.28. The maximum Gasteiger partial charge on any atom is 0.235 e. The Morgan fingerprint density at radius 2 is 1.81 bits per heavy atom. The fourth-order valence-corrected chi connectivity index (χ4v) is 2.73. The average Bonchev–Trinajstić information content (AvgIpc) is 3.30. The minimum absolute atomic E-state index is 0.00927. The number of hydrogen-bond donors (Lipinski definition) is 1. The largest absolute Gasteiger partial charge is 0.325 e. The zero-order valence-corrected chi connectivity index (χ0v) is 12.0. The molecule has 2 aromatic rings. The van der Waals surface area contributed by atoms with Crippen LogP contribution in [-0.4, -0.2) is 5.91 Å². The Kier molecular flexibility index (Phi) is 3.50. The quantitative estimate of drug-likeness (QED) is 0.900. The lowest BCUT2D eigenvalue weighted by atomic mass is 9.94. The molecule has 0 radical (unpaired) electrons. The Balaban J connectivity index is 1.83. The first-order valence-electron chi connectivity index (χ1n) is 7.31. The lowest BCUT2D eigenvalue weighted by Gasteiger charge is -2.17. The van der Waals surface area contributed by atoms with Crippen LogP contribution in [0.5, 0.6) is 0 Å². The van der Waals surface area contributed by atoms with Gasteiger partial charge in [0.05, 0.1) is 5.41 Å². The summed E-state index contributed by atoms with van der Waals surface area (Å²) in [6.07, 6.45) is 2.51. The molecule has 21 heavy (non-hydrogen) atoms. The van der Waals surface area contributed by atoms with Crippen molar-refractivity contribution in [1.82, 2.24) is 0 Å². The van der Waals surface area contributed by atoms with Crippen LogP contribution >= 0.6 is 0 Å². The molecule has 0 unspecified atom stereocenters. The van der Waals surface area contributed by atoms with E-state index in [0.29, 0.717) is 0 Å². The van der Waals surface area contributed by atoms with Gasteiger partial charge in [0.15, 0.2) is 0 Å². The molecule has 2 nitrogen and oxygen atoms in total. The second-order valence-electron chi connectivity index (χ2n) is 5.55. The van der Waals surface area contributed by atoms with Crippen LogP contribution in [-0.2, 0) is 16.6 Å². The summed E-state index contributed by atoms with van der Waals surface area (Å²) in [5.41, 5.74) is 2.42. The molecule has 0 saturated heterocycles. The van der Waals surface area contributed by atoms with Crippen molar-refractivity contribution in [3.63, 3.8) is 0 Å². The van der Waals surface area contributed by atoms with Crippen LogP contribution in [0.2, 0.25) is 0 Å². The number of carbonyl (C=O) groups is 1. The van der Waals surface area contributed by atoms with Gasteiger partial charge >= 0.3 is 0 Å². The molecule has 1 saturated carbocycles. The summed E-state index contributed by atoms with van der Waals surface area (Å²) in [4.78, 5) is 12.6. The third-order valence-electron chi connectivity index (χ3n) is 4.23. The summed E-state index contributed by atoms with van der Waals surface area (Å²) in [6.45, 7) is 2.07. The van der Waals surface area contributed by atoms with E-state index in [2.05, 4.69) is 12.2 Å². The Morgan fingerprint density at radius 1 is 1.14 bits per heavy atom. The number of nitrogens with one attached hydrogen (secondary N) is 1. The average molecular weight is 283 g/mol. The minimum Gasteiger partial charge on any atom is -0.325 e. The predicted molar refractivity (Wildman–Crippen MR) is 81.8 cm³/mol. The van der Waals surface area contributed by atoms with Crippen LogP contribution in [0.3, 0.4) is 0 Å². The molecular formula is C18H18FNO. The van der Waals surface area contributed by atoms with E-state index in [1.54, 1.807) is 12.1 Å². The molecule has 0 heterocycles. The van der Waals surface area contributed by atoms with Crippen molar-refractivity contribution in [3.05, 3.63) is 65.5 Å². The third-order valence-corrected chi connectivity index (χ3v) is 4.23.